The van der Waals surface area contributed by atoms with Crippen molar-refractivity contribution in [2.45, 2.75) is 19.0 Å². The fourth-order valence-corrected chi connectivity index (χ4v) is 5.69. The van der Waals surface area contributed by atoms with Gasteiger partial charge in [0.2, 0.25) is 15.9 Å². The minimum atomic E-state index is -3.60. The Balaban J connectivity index is 1.60. The van der Waals surface area contributed by atoms with Gasteiger partial charge in [-0.1, -0.05) is 54.1 Å². The third-order valence-corrected chi connectivity index (χ3v) is 8.27. The topological polar surface area (TPSA) is 81.8 Å². The van der Waals surface area contributed by atoms with Crippen molar-refractivity contribution < 1.29 is 17.6 Å². The molecule has 10 heteroatoms. The number of carbonyl (C=O) groups excluding carboxylic acids is 1. The van der Waals surface area contributed by atoms with Gasteiger partial charge < -0.3 is 5.32 Å². The highest BCUT2D eigenvalue weighted by Gasteiger charge is 2.43. The van der Waals surface area contributed by atoms with Gasteiger partial charge >= 0.3 is 0 Å². The Bertz CT molecular complexity index is 1540. The summed E-state index contributed by atoms with van der Waals surface area (Å²) < 4.78 is 40.4. The van der Waals surface area contributed by atoms with Crippen molar-refractivity contribution >= 4 is 39.3 Å². The number of carbonyl (C=O) groups is 1. The summed E-state index contributed by atoms with van der Waals surface area (Å²) in [5.41, 5.74) is 7.68. The minimum Gasteiger partial charge on any atom is -0.348 e. The zero-order chi connectivity index (χ0) is 27.7. The molecule has 0 radical (unpaired) electrons. The van der Waals surface area contributed by atoms with Gasteiger partial charge in [-0.25, -0.2) is 18.2 Å². The van der Waals surface area contributed by atoms with Crippen LogP contribution in [0.25, 0.3) is 6.08 Å². The monoisotopic (exact) mass is 566 g/mol. The number of anilines is 1. The molecule has 3 aromatic carbocycles. The molecular weight excluding hydrogens is 539 g/mol. The van der Waals surface area contributed by atoms with Crippen LogP contribution in [0.1, 0.15) is 24.1 Å². The molecule has 0 aliphatic carbocycles. The van der Waals surface area contributed by atoms with E-state index in [9.17, 15) is 17.6 Å². The molecule has 0 spiro atoms. The van der Waals surface area contributed by atoms with Crippen LogP contribution in [0.5, 0.6) is 0 Å². The van der Waals surface area contributed by atoms with Crippen LogP contribution in [-0.4, -0.2) is 44.0 Å². The molecule has 0 aromatic heterocycles. The van der Waals surface area contributed by atoms with Gasteiger partial charge in [0.1, 0.15) is 11.9 Å². The second kappa shape index (κ2) is 10.9. The van der Waals surface area contributed by atoms with Gasteiger partial charge in [-0.15, -0.1) is 0 Å². The van der Waals surface area contributed by atoms with Crippen molar-refractivity contribution in [2.75, 3.05) is 24.4 Å². The number of benzene rings is 3. The van der Waals surface area contributed by atoms with E-state index in [1.165, 1.54) is 16.4 Å². The molecule has 2 aliphatic rings. The predicted octanol–water partition coefficient (Wildman–Crippen LogP) is 4.66. The Kier molecular flexibility index (Phi) is 7.59. The van der Waals surface area contributed by atoms with Gasteiger partial charge in [-0.3, -0.25) is 9.80 Å². The zero-order valence-corrected chi connectivity index (χ0v) is 23.0. The van der Waals surface area contributed by atoms with E-state index in [-0.39, 0.29) is 30.9 Å². The van der Waals surface area contributed by atoms with E-state index in [1.807, 2.05) is 55.5 Å². The summed E-state index contributed by atoms with van der Waals surface area (Å²) in [5.74, 6) is -0.653. The Morgan fingerprint density at radius 2 is 1.72 bits per heavy atom. The zero-order valence-electron chi connectivity index (χ0n) is 21.4. The van der Waals surface area contributed by atoms with E-state index in [1.54, 1.807) is 29.3 Å². The fourth-order valence-electron chi connectivity index (χ4n) is 4.82. The van der Waals surface area contributed by atoms with Crippen LogP contribution < -0.4 is 15.8 Å². The van der Waals surface area contributed by atoms with Crippen LogP contribution in [-0.2, 0) is 14.8 Å². The summed E-state index contributed by atoms with van der Waals surface area (Å²) in [4.78, 5) is 13.7. The number of hydrazine groups is 1. The summed E-state index contributed by atoms with van der Waals surface area (Å²) in [5, 5.41) is 5.43. The number of nitrogens with zero attached hydrogens (tertiary/aromatic N) is 2. The molecule has 7 nitrogen and oxygen atoms in total. The molecule has 2 aliphatic heterocycles. The van der Waals surface area contributed by atoms with Crippen LogP contribution in [0.3, 0.4) is 0 Å². The number of sulfonamides is 1. The molecule has 3 aromatic rings. The maximum Gasteiger partial charge on any atom is 0.243 e. The third-order valence-electron chi connectivity index (χ3n) is 6.82. The second-order valence-electron chi connectivity index (χ2n) is 9.64. The fraction of sp³-hybridized carbons (Fsp3) is 0.207. The molecule has 1 amide bonds. The van der Waals surface area contributed by atoms with Crippen LogP contribution in [0.4, 0.5) is 10.1 Å². The first-order valence-electron chi connectivity index (χ1n) is 12.4. The van der Waals surface area contributed by atoms with Crippen molar-refractivity contribution in [3.63, 3.8) is 0 Å². The van der Waals surface area contributed by atoms with E-state index >= 15 is 0 Å². The SMILES string of the molecule is C[C@@H](NC(=O)C1NN(c2ccc(Cl)cc2)C2=C1CN(S(C)(=O)=O)C/C2=C\c1ccc(F)cc1)c1ccccc1. The van der Waals surface area contributed by atoms with Crippen molar-refractivity contribution in [3.8, 4) is 0 Å². The van der Waals surface area contributed by atoms with E-state index in [0.717, 1.165) is 17.5 Å². The average molecular weight is 567 g/mol. The van der Waals surface area contributed by atoms with Crippen molar-refractivity contribution in [1.29, 1.82) is 0 Å². The Labute approximate surface area is 232 Å². The lowest BCUT2D eigenvalue weighted by Gasteiger charge is -2.31. The van der Waals surface area contributed by atoms with Crippen LogP contribution in [0.2, 0.25) is 5.02 Å². The quantitative estimate of drug-likeness (QED) is 0.453. The highest BCUT2D eigenvalue weighted by Crippen LogP contribution is 2.37. The molecule has 0 saturated carbocycles. The maximum absolute atomic E-state index is 13.7. The summed E-state index contributed by atoms with van der Waals surface area (Å²) in [6, 6.07) is 21.6. The number of rotatable bonds is 6. The van der Waals surface area contributed by atoms with E-state index < -0.39 is 16.1 Å². The lowest BCUT2D eigenvalue weighted by Crippen LogP contribution is -2.48. The largest absolute Gasteiger partial charge is 0.348 e. The number of hydrogen-bond donors (Lipinski definition) is 2. The van der Waals surface area contributed by atoms with Crippen molar-refractivity contribution in [1.82, 2.24) is 15.0 Å². The standard InChI is InChI=1S/C29H28ClFN4O3S/c1-19(21-6-4-3-5-7-21)32-29(36)27-26-18-34(39(2,37)38)17-22(16-20-8-12-24(31)13-9-20)28(26)35(33-27)25-14-10-23(30)11-15-25/h3-16,19,27,33H,17-18H2,1-2H3,(H,32,36)/b22-16+/t19-,27?/m1/s1. The Morgan fingerprint density at radius 3 is 2.36 bits per heavy atom. The maximum atomic E-state index is 13.7. The van der Waals surface area contributed by atoms with Gasteiger partial charge in [0, 0.05) is 18.1 Å². The average Bonchev–Trinajstić information content (AvgIpc) is 3.30. The molecule has 2 N–H and O–H groups in total. The normalized spacial score (nSPS) is 19.7. The number of halogens is 2. The molecular formula is C29H28ClFN4O3S. The van der Waals surface area contributed by atoms with E-state index in [0.29, 0.717) is 27.4 Å². The lowest BCUT2D eigenvalue weighted by molar-refractivity contribution is -0.122. The van der Waals surface area contributed by atoms with E-state index in [4.69, 9.17) is 11.6 Å². The van der Waals surface area contributed by atoms with Crippen LogP contribution >= 0.6 is 11.6 Å². The minimum absolute atomic E-state index is 0.0455. The molecule has 2 heterocycles. The highest BCUT2D eigenvalue weighted by atomic mass is 35.5. The number of nitrogens with one attached hydrogen (secondary N) is 2. The second-order valence-corrected chi connectivity index (χ2v) is 12.1. The predicted molar refractivity (Wildman–Crippen MR) is 152 cm³/mol. The van der Waals surface area contributed by atoms with Gasteiger partial charge in [-0.2, -0.15) is 4.31 Å². The molecule has 1 unspecified atom stereocenters. The summed E-state index contributed by atoms with van der Waals surface area (Å²) in [7, 11) is -3.60. The molecule has 202 valence electrons. The molecule has 0 saturated heterocycles. The Morgan fingerprint density at radius 1 is 1.05 bits per heavy atom. The van der Waals surface area contributed by atoms with Gasteiger partial charge in [-0.05, 0) is 71.7 Å². The van der Waals surface area contributed by atoms with Gasteiger partial charge in [0.15, 0.2) is 0 Å². The molecule has 39 heavy (non-hydrogen) atoms. The van der Waals surface area contributed by atoms with Gasteiger partial charge in [0.25, 0.3) is 0 Å². The number of amides is 1. The molecule has 0 fully saturated rings. The van der Waals surface area contributed by atoms with Crippen LogP contribution in [0.15, 0.2) is 95.7 Å². The first-order valence-corrected chi connectivity index (χ1v) is 14.6. The Hall–Kier alpha value is -3.50. The summed E-state index contributed by atoms with van der Waals surface area (Å²) in [6.45, 7) is 2.04. The summed E-state index contributed by atoms with van der Waals surface area (Å²) in [6.07, 6.45) is 2.98. The first kappa shape index (κ1) is 27.1. The lowest BCUT2D eigenvalue weighted by atomic mass is 9.96. The van der Waals surface area contributed by atoms with E-state index in [2.05, 4.69) is 10.7 Å². The van der Waals surface area contributed by atoms with Crippen LogP contribution in [0, 0.1) is 5.82 Å². The van der Waals surface area contributed by atoms with Crippen molar-refractivity contribution in [3.05, 3.63) is 118 Å². The molecule has 2 atom stereocenters. The smallest absolute Gasteiger partial charge is 0.243 e. The highest BCUT2D eigenvalue weighted by molar-refractivity contribution is 7.88. The first-order chi connectivity index (χ1) is 18.6. The third kappa shape index (κ3) is 5.91. The molecule has 5 rings (SSSR count). The van der Waals surface area contributed by atoms with Gasteiger partial charge in [0.05, 0.1) is 23.7 Å². The molecule has 0 bridgehead atoms. The summed E-state index contributed by atoms with van der Waals surface area (Å²) >= 11 is 6.14. The number of hydrogen-bond acceptors (Lipinski definition) is 5. The van der Waals surface area contributed by atoms with Crippen molar-refractivity contribution in [2.24, 2.45) is 0 Å².